The number of benzene rings is 1. The number of carbonyl (C=O) groups is 1. The maximum Gasteiger partial charge on any atom is 0.260 e. The van der Waals surface area contributed by atoms with E-state index in [1.807, 2.05) is 0 Å². The molecule has 0 aromatic heterocycles. The van der Waals surface area contributed by atoms with Crippen molar-refractivity contribution in [2.24, 2.45) is 5.92 Å². The van der Waals surface area contributed by atoms with E-state index >= 15 is 0 Å². The Morgan fingerprint density at radius 3 is 2.83 bits per heavy atom. The van der Waals surface area contributed by atoms with Crippen LogP contribution in [0.2, 0.25) is 5.02 Å². The van der Waals surface area contributed by atoms with Gasteiger partial charge in [-0.3, -0.25) is 4.79 Å². The van der Waals surface area contributed by atoms with Gasteiger partial charge in [0.1, 0.15) is 5.75 Å². The third-order valence-corrected chi connectivity index (χ3v) is 5.25. The van der Waals surface area contributed by atoms with Crippen molar-refractivity contribution in [1.82, 2.24) is 10.2 Å². The number of halogens is 2. The van der Waals surface area contributed by atoms with Crippen molar-refractivity contribution in [2.45, 2.75) is 39.2 Å². The lowest BCUT2D eigenvalue weighted by molar-refractivity contribution is -0.127. The predicted octanol–water partition coefficient (Wildman–Crippen LogP) is 4.11. The first-order valence-corrected chi connectivity index (χ1v) is 9.74. The summed E-state index contributed by atoms with van der Waals surface area (Å²) in [4.78, 5) is 14.6. The molecule has 134 valence electrons. The van der Waals surface area contributed by atoms with E-state index in [-0.39, 0.29) is 5.91 Å². The van der Waals surface area contributed by atoms with Crippen LogP contribution in [0.1, 0.15) is 33.1 Å². The molecule has 1 aliphatic rings. The Balaban J connectivity index is 1.66. The molecular formula is C18H26BrClN2O2. The first-order chi connectivity index (χ1) is 11.5. The summed E-state index contributed by atoms with van der Waals surface area (Å²) < 4.78 is 6.44. The van der Waals surface area contributed by atoms with Crippen molar-refractivity contribution in [3.63, 3.8) is 0 Å². The lowest BCUT2D eigenvalue weighted by Crippen LogP contribution is -2.39. The number of ether oxygens (including phenoxy) is 1. The third-order valence-electron chi connectivity index (χ3n) is 4.39. The minimum absolute atomic E-state index is 0.0934. The fourth-order valence-electron chi connectivity index (χ4n) is 2.76. The molecule has 1 saturated heterocycles. The van der Waals surface area contributed by atoms with Gasteiger partial charge in [0.2, 0.25) is 0 Å². The van der Waals surface area contributed by atoms with Crippen LogP contribution in [0.25, 0.3) is 0 Å². The maximum atomic E-state index is 12.1. The number of likely N-dealkylation sites (tertiary alicyclic amines) is 1. The monoisotopic (exact) mass is 416 g/mol. The molecule has 0 aliphatic carbocycles. The smallest absolute Gasteiger partial charge is 0.260 e. The Hall–Kier alpha value is -0.780. The van der Waals surface area contributed by atoms with E-state index in [4.69, 9.17) is 16.3 Å². The molecule has 2 rings (SSSR count). The van der Waals surface area contributed by atoms with E-state index in [1.165, 1.54) is 25.9 Å². The first kappa shape index (κ1) is 19.5. The summed E-state index contributed by atoms with van der Waals surface area (Å²) in [5.41, 5.74) is 0. The quantitative estimate of drug-likeness (QED) is 0.679. The molecule has 0 saturated carbocycles. The Labute approximate surface area is 158 Å². The lowest BCUT2D eigenvalue weighted by atomic mass is 9.99. The van der Waals surface area contributed by atoms with Crippen molar-refractivity contribution in [3.8, 4) is 5.75 Å². The van der Waals surface area contributed by atoms with E-state index in [0.29, 0.717) is 17.3 Å². The van der Waals surface area contributed by atoms with Crippen LogP contribution in [-0.2, 0) is 4.79 Å². The molecule has 1 aromatic rings. The summed E-state index contributed by atoms with van der Waals surface area (Å²) in [5, 5.41) is 3.57. The molecule has 1 aliphatic heterocycles. The van der Waals surface area contributed by atoms with Gasteiger partial charge >= 0.3 is 0 Å². The number of rotatable bonds is 7. The highest BCUT2D eigenvalue weighted by molar-refractivity contribution is 9.10. The fourth-order valence-corrected chi connectivity index (χ4v) is 3.53. The molecule has 1 heterocycles. The van der Waals surface area contributed by atoms with Crippen molar-refractivity contribution < 1.29 is 9.53 Å². The molecule has 0 spiro atoms. The number of hydrogen-bond acceptors (Lipinski definition) is 3. The highest BCUT2D eigenvalue weighted by atomic mass is 79.9. The number of piperidine rings is 1. The van der Waals surface area contributed by atoms with E-state index in [1.54, 1.807) is 25.1 Å². The fraction of sp³-hybridized carbons (Fsp3) is 0.611. The topological polar surface area (TPSA) is 41.6 Å². The maximum absolute atomic E-state index is 12.1. The van der Waals surface area contributed by atoms with E-state index in [0.717, 1.165) is 23.4 Å². The number of amides is 1. The molecule has 1 atom stereocenters. The number of hydrogen-bond donors (Lipinski definition) is 1. The molecule has 0 radical (unpaired) electrons. The van der Waals surface area contributed by atoms with Crippen LogP contribution in [0.5, 0.6) is 5.75 Å². The lowest BCUT2D eigenvalue weighted by Gasteiger charge is -2.30. The van der Waals surface area contributed by atoms with Crippen LogP contribution < -0.4 is 10.1 Å². The van der Waals surface area contributed by atoms with Gasteiger partial charge < -0.3 is 15.0 Å². The zero-order valence-electron chi connectivity index (χ0n) is 14.4. The largest absolute Gasteiger partial charge is 0.480 e. The van der Waals surface area contributed by atoms with Gasteiger partial charge in [-0.1, -0.05) is 18.5 Å². The molecule has 1 aromatic carbocycles. The Bertz CT molecular complexity index is 548. The second-order valence-corrected chi connectivity index (χ2v) is 7.79. The molecule has 1 unspecified atom stereocenters. The summed E-state index contributed by atoms with van der Waals surface area (Å²) in [6.07, 6.45) is 3.00. The molecular weight excluding hydrogens is 392 g/mol. The zero-order chi connectivity index (χ0) is 17.5. The Morgan fingerprint density at radius 1 is 1.46 bits per heavy atom. The number of nitrogens with zero attached hydrogens (tertiary/aromatic N) is 1. The summed E-state index contributed by atoms with van der Waals surface area (Å²) in [5.74, 6) is 1.37. The van der Waals surface area contributed by atoms with Crippen LogP contribution in [0, 0.1) is 5.92 Å². The summed E-state index contributed by atoms with van der Waals surface area (Å²) in [6, 6.07) is 5.25. The predicted molar refractivity (Wildman–Crippen MR) is 102 cm³/mol. The van der Waals surface area contributed by atoms with Crippen LogP contribution in [-0.4, -0.2) is 43.1 Å². The van der Waals surface area contributed by atoms with E-state index in [9.17, 15) is 4.79 Å². The van der Waals surface area contributed by atoms with Gasteiger partial charge in [-0.05, 0) is 85.9 Å². The van der Waals surface area contributed by atoms with Crippen molar-refractivity contribution in [3.05, 3.63) is 27.7 Å². The van der Waals surface area contributed by atoms with Gasteiger partial charge in [0.15, 0.2) is 6.10 Å². The second-order valence-electron chi connectivity index (χ2n) is 6.50. The van der Waals surface area contributed by atoms with Gasteiger partial charge in [0, 0.05) is 11.6 Å². The Kier molecular flexibility index (Phi) is 7.85. The van der Waals surface area contributed by atoms with Gasteiger partial charge in [-0.15, -0.1) is 0 Å². The third kappa shape index (κ3) is 6.26. The van der Waals surface area contributed by atoms with Crippen LogP contribution >= 0.6 is 27.5 Å². The molecule has 24 heavy (non-hydrogen) atoms. The van der Waals surface area contributed by atoms with Gasteiger partial charge in [0.05, 0.1) is 4.47 Å². The summed E-state index contributed by atoms with van der Waals surface area (Å²) >= 11 is 9.29. The number of nitrogens with one attached hydrogen (secondary N) is 1. The SMILES string of the molecule is CC1CCN(CCCNC(=O)C(C)Oc2ccc(Cl)cc2Br)CC1. The molecule has 0 bridgehead atoms. The zero-order valence-corrected chi connectivity index (χ0v) is 16.7. The van der Waals surface area contributed by atoms with Gasteiger partial charge in [0.25, 0.3) is 5.91 Å². The van der Waals surface area contributed by atoms with Crippen molar-refractivity contribution in [2.75, 3.05) is 26.2 Å². The average Bonchev–Trinajstić information content (AvgIpc) is 2.55. The standard InChI is InChI=1S/C18H26BrClN2O2/c1-13-6-10-22(11-7-13)9-3-8-21-18(23)14(2)24-17-5-4-15(20)12-16(17)19/h4-5,12-14H,3,6-11H2,1-2H3,(H,21,23). The Morgan fingerprint density at radius 2 is 2.17 bits per heavy atom. The summed E-state index contributed by atoms with van der Waals surface area (Å²) in [7, 11) is 0. The molecule has 4 nitrogen and oxygen atoms in total. The van der Waals surface area contributed by atoms with Gasteiger partial charge in [-0.25, -0.2) is 0 Å². The highest BCUT2D eigenvalue weighted by Crippen LogP contribution is 2.28. The minimum atomic E-state index is -0.543. The van der Waals surface area contributed by atoms with E-state index in [2.05, 4.69) is 33.1 Å². The first-order valence-electron chi connectivity index (χ1n) is 8.57. The second kappa shape index (κ2) is 9.64. The minimum Gasteiger partial charge on any atom is -0.480 e. The molecule has 6 heteroatoms. The van der Waals surface area contributed by atoms with E-state index < -0.39 is 6.10 Å². The number of carbonyl (C=O) groups excluding carboxylic acids is 1. The van der Waals surface area contributed by atoms with Crippen LogP contribution in [0.15, 0.2) is 22.7 Å². The van der Waals surface area contributed by atoms with Gasteiger partial charge in [-0.2, -0.15) is 0 Å². The van der Waals surface area contributed by atoms with Crippen molar-refractivity contribution in [1.29, 1.82) is 0 Å². The highest BCUT2D eigenvalue weighted by Gasteiger charge is 2.17. The normalized spacial score (nSPS) is 17.5. The van der Waals surface area contributed by atoms with Crippen LogP contribution in [0.3, 0.4) is 0 Å². The van der Waals surface area contributed by atoms with Crippen molar-refractivity contribution >= 4 is 33.4 Å². The van der Waals surface area contributed by atoms with Crippen LogP contribution in [0.4, 0.5) is 0 Å². The summed E-state index contributed by atoms with van der Waals surface area (Å²) in [6.45, 7) is 8.16. The molecule has 1 N–H and O–H groups in total. The molecule has 1 fully saturated rings. The molecule has 1 amide bonds. The average molecular weight is 418 g/mol.